The van der Waals surface area contributed by atoms with Crippen molar-refractivity contribution in [3.05, 3.63) is 77.8 Å². The van der Waals surface area contributed by atoms with Crippen LogP contribution in [-0.2, 0) is 0 Å². The molecule has 20 heavy (non-hydrogen) atoms. The molecule has 0 amide bonds. The Morgan fingerprint density at radius 1 is 1.00 bits per heavy atom. The Bertz CT molecular complexity index is 577. The van der Waals surface area contributed by atoms with Crippen LogP contribution in [0.15, 0.2) is 82.7 Å². The largest absolute Gasteiger partial charge is 0.184 e. The summed E-state index contributed by atoms with van der Waals surface area (Å²) < 4.78 is 0. The summed E-state index contributed by atoms with van der Waals surface area (Å²) in [6.07, 6.45) is 22.3. The van der Waals surface area contributed by atoms with E-state index in [0.717, 1.165) is 6.42 Å². The van der Waals surface area contributed by atoms with Crippen LogP contribution in [0, 0.1) is 0 Å². The van der Waals surface area contributed by atoms with Gasteiger partial charge in [0.2, 0.25) is 0 Å². The van der Waals surface area contributed by atoms with E-state index in [-0.39, 0.29) is 0 Å². The predicted octanol–water partition coefficient (Wildman–Crippen LogP) is 5.60. The molecular weight excluding hydrogens is 260 g/mol. The molecule has 2 aliphatic carbocycles. The fourth-order valence-electron chi connectivity index (χ4n) is 3.00. The predicted molar refractivity (Wildman–Crippen MR) is 91.4 cm³/mol. The highest BCUT2D eigenvalue weighted by Gasteiger charge is 2.32. The third-order valence-electron chi connectivity index (χ3n) is 4.23. The van der Waals surface area contributed by atoms with Crippen molar-refractivity contribution in [2.75, 3.05) is 6.26 Å². The highest BCUT2D eigenvalue weighted by Crippen LogP contribution is 2.65. The van der Waals surface area contributed by atoms with Crippen molar-refractivity contribution in [2.45, 2.75) is 29.4 Å². The smallest absolute Gasteiger partial charge is 0.0181 e. The average molecular weight is 282 g/mol. The first-order chi connectivity index (χ1) is 9.82. The lowest BCUT2D eigenvalue weighted by Gasteiger charge is -2.44. The second-order valence-corrected chi connectivity index (χ2v) is 8.98. The quantitative estimate of drug-likeness (QED) is 0.677. The van der Waals surface area contributed by atoms with Gasteiger partial charge in [0, 0.05) is 5.25 Å². The fourth-order valence-corrected chi connectivity index (χ4v) is 6.44. The van der Waals surface area contributed by atoms with E-state index >= 15 is 0 Å². The molecule has 2 aliphatic rings. The Hall–Kier alpha value is -1.47. The molecule has 0 aromatic heterocycles. The first kappa shape index (κ1) is 13.5. The third kappa shape index (κ3) is 2.43. The van der Waals surface area contributed by atoms with Gasteiger partial charge in [0.25, 0.3) is 0 Å². The van der Waals surface area contributed by atoms with Gasteiger partial charge in [-0.1, -0.05) is 60.7 Å². The first-order valence-electron chi connectivity index (χ1n) is 7.34. The van der Waals surface area contributed by atoms with Gasteiger partial charge in [-0.2, -0.15) is 10.0 Å². The average Bonchev–Trinajstić information content (AvgIpc) is 2.56. The minimum Gasteiger partial charge on any atom is -0.184 e. The number of hydrogen-bond donors (Lipinski definition) is 0. The van der Waals surface area contributed by atoms with Crippen molar-refractivity contribution in [1.82, 2.24) is 0 Å². The van der Waals surface area contributed by atoms with E-state index in [0.29, 0.717) is 5.25 Å². The molecule has 0 spiro atoms. The molecule has 104 valence electrons. The molecule has 2 unspecified atom stereocenters. The minimum absolute atomic E-state index is 0.615. The molecule has 0 nitrogen and oxygen atoms in total. The second-order valence-electron chi connectivity index (χ2n) is 5.47. The molecule has 2 atom stereocenters. The minimum atomic E-state index is -0.985. The van der Waals surface area contributed by atoms with E-state index in [1.807, 2.05) is 0 Å². The number of rotatable bonds is 3. The third-order valence-corrected chi connectivity index (χ3v) is 8.32. The SMILES string of the molecule is CS(C1=CCCC=C1)(c1ccccc1)C1C=CC=CC1. The van der Waals surface area contributed by atoms with Crippen molar-refractivity contribution >= 4 is 10.0 Å². The van der Waals surface area contributed by atoms with Crippen LogP contribution in [0.5, 0.6) is 0 Å². The molecule has 0 heterocycles. The van der Waals surface area contributed by atoms with E-state index in [4.69, 9.17) is 0 Å². The van der Waals surface area contributed by atoms with Gasteiger partial charge in [-0.15, -0.1) is 0 Å². The van der Waals surface area contributed by atoms with Crippen LogP contribution in [-0.4, -0.2) is 11.5 Å². The van der Waals surface area contributed by atoms with E-state index in [2.05, 4.69) is 79.1 Å². The van der Waals surface area contributed by atoms with Crippen molar-refractivity contribution in [1.29, 1.82) is 0 Å². The van der Waals surface area contributed by atoms with Gasteiger partial charge in [0.05, 0.1) is 0 Å². The van der Waals surface area contributed by atoms with Crippen LogP contribution in [0.25, 0.3) is 0 Å². The Morgan fingerprint density at radius 3 is 2.50 bits per heavy atom. The van der Waals surface area contributed by atoms with Crippen LogP contribution in [0.2, 0.25) is 0 Å². The van der Waals surface area contributed by atoms with Crippen LogP contribution in [0.1, 0.15) is 19.3 Å². The maximum Gasteiger partial charge on any atom is 0.0181 e. The summed E-state index contributed by atoms with van der Waals surface area (Å²) in [6, 6.07) is 11.1. The summed E-state index contributed by atoms with van der Waals surface area (Å²) in [4.78, 5) is 3.06. The lowest BCUT2D eigenvalue weighted by molar-refractivity contribution is 1.02. The molecule has 0 fully saturated rings. The van der Waals surface area contributed by atoms with Crippen LogP contribution in [0.3, 0.4) is 0 Å². The van der Waals surface area contributed by atoms with E-state index < -0.39 is 10.0 Å². The maximum atomic E-state index is 2.48. The molecule has 0 aliphatic heterocycles. The summed E-state index contributed by atoms with van der Waals surface area (Å²) in [5.41, 5.74) is 0. The van der Waals surface area contributed by atoms with E-state index in [9.17, 15) is 0 Å². The Morgan fingerprint density at radius 2 is 1.85 bits per heavy atom. The van der Waals surface area contributed by atoms with Gasteiger partial charge in [0.15, 0.2) is 0 Å². The van der Waals surface area contributed by atoms with Gasteiger partial charge in [0.1, 0.15) is 0 Å². The maximum absolute atomic E-state index is 2.48. The molecule has 1 aromatic rings. The summed E-state index contributed by atoms with van der Waals surface area (Å²) in [7, 11) is -0.985. The zero-order valence-corrected chi connectivity index (χ0v) is 12.9. The summed E-state index contributed by atoms with van der Waals surface area (Å²) in [5.74, 6) is 0. The number of benzene rings is 1. The molecule has 0 N–H and O–H groups in total. The number of allylic oxidation sites excluding steroid dienone is 6. The van der Waals surface area contributed by atoms with Crippen molar-refractivity contribution in [3.63, 3.8) is 0 Å². The zero-order chi connectivity index (χ0) is 13.8. The molecule has 0 saturated heterocycles. The van der Waals surface area contributed by atoms with Crippen molar-refractivity contribution in [2.24, 2.45) is 0 Å². The van der Waals surface area contributed by atoms with Gasteiger partial charge < -0.3 is 0 Å². The van der Waals surface area contributed by atoms with Crippen molar-refractivity contribution < 1.29 is 0 Å². The highest BCUT2D eigenvalue weighted by molar-refractivity contribution is 8.37. The summed E-state index contributed by atoms with van der Waals surface area (Å²) in [6.45, 7) is 0. The normalized spacial score (nSPS) is 25.9. The van der Waals surface area contributed by atoms with E-state index in [1.54, 1.807) is 4.91 Å². The summed E-state index contributed by atoms with van der Waals surface area (Å²) in [5, 5.41) is 0.615. The standard InChI is InChI=1S/C19H22S/c1-20(17-11-5-2-6-12-17,18-13-7-3-8-14-18)19-15-9-4-10-16-19/h2-3,5-9,11-13,15-16,18H,4,10,14H2,1H3. The molecule has 1 heteroatoms. The Balaban J connectivity index is 2.07. The van der Waals surface area contributed by atoms with Gasteiger partial charge in [-0.3, -0.25) is 0 Å². The van der Waals surface area contributed by atoms with Crippen molar-refractivity contribution in [3.8, 4) is 0 Å². The lowest BCUT2D eigenvalue weighted by Crippen LogP contribution is -2.18. The second kappa shape index (κ2) is 5.88. The summed E-state index contributed by atoms with van der Waals surface area (Å²) >= 11 is 0. The van der Waals surface area contributed by atoms with Gasteiger partial charge in [-0.05, 0) is 47.5 Å². The van der Waals surface area contributed by atoms with Crippen LogP contribution >= 0.6 is 10.0 Å². The lowest BCUT2D eigenvalue weighted by atomic mass is 10.2. The molecule has 3 rings (SSSR count). The molecule has 0 radical (unpaired) electrons. The number of hydrogen-bond acceptors (Lipinski definition) is 0. The Kier molecular flexibility index (Phi) is 3.98. The molecule has 1 aromatic carbocycles. The highest BCUT2D eigenvalue weighted by atomic mass is 32.3. The topological polar surface area (TPSA) is 0 Å². The van der Waals surface area contributed by atoms with Gasteiger partial charge in [-0.25, -0.2) is 0 Å². The van der Waals surface area contributed by atoms with E-state index in [1.165, 1.54) is 17.7 Å². The van der Waals surface area contributed by atoms with Gasteiger partial charge >= 0.3 is 0 Å². The molecular formula is C19H22S. The monoisotopic (exact) mass is 282 g/mol. The van der Waals surface area contributed by atoms with Crippen LogP contribution < -0.4 is 0 Å². The fraction of sp³-hybridized carbons (Fsp3) is 0.263. The Labute approximate surface area is 123 Å². The molecule has 0 bridgehead atoms. The zero-order valence-electron chi connectivity index (χ0n) is 12.0. The molecule has 0 saturated carbocycles. The van der Waals surface area contributed by atoms with Crippen LogP contribution in [0.4, 0.5) is 0 Å². The first-order valence-corrected chi connectivity index (χ1v) is 9.44.